The van der Waals surface area contributed by atoms with Crippen LogP contribution in [0.4, 0.5) is 0 Å². The van der Waals surface area contributed by atoms with Gasteiger partial charge in [0, 0.05) is 16.6 Å². The van der Waals surface area contributed by atoms with Gasteiger partial charge in [0.1, 0.15) is 0 Å². The monoisotopic (exact) mass is 267 g/mol. The van der Waals surface area contributed by atoms with Crippen LogP contribution in [0.2, 0.25) is 0 Å². The van der Waals surface area contributed by atoms with Crippen LogP contribution in [0.5, 0.6) is 0 Å². The summed E-state index contributed by atoms with van der Waals surface area (Å²) in [6, 6.07) is 9.52. The van der Waals surface area contributed by atoms with E-state index in [1.807, 2.05) is 0 Å². The van der Waals surface area contributed by atoms with E-state index in [9.17, 15) is 0 Å². The van der Waals surface area contributed by atoms with Crippen LogP contribution in [0.25, 0.3) is 0 Å². The SMILES string of the molecule is CC(N[C@H](C)c1ccccc1Br)C1CC1. The van der Waals surface area contributed by atoms with Crippen molar-refractivity contribution < 1.29 is 0 Å². The Morgan fingerprint density at radius 2 is 1.93 bits per heavy atom. The molecule has 0 radical (unpaired) electrons. The van der Waals surface area contributed by atoms with Crippen molar-refractivity contribution in [1.82, 2.24) is 5.32 Å². The van der Waals surface area contributed by atoms with Crippen molar-refractivity contribution in [3.8, 4) is 0 Å². The summed E-state index contributed by atoms with van der Waals surface area (Å²) in [7, 11) is 0. The molecular weight excluding hydrogens is 250 g/mol. The number of rotatable bonds is 4. The van der Waals surface area contributed by atoms with Gasteiger partial charge in [-0.15, -0.1) is 0 Å². The minimum absolute atomic E-state index is 0.427. The lowest BCUT2D eigenvalue weighted by atomic mass is 10.1. The Balaban J connectivity index is 2.00. The average molecular weight is 268 g/mol. The van der Waals surface area contributed by atoms with Gasteiger partial charge in [-0.2, -0.15) is 0 Å². The van der Waals surface area contributed by atoms with Crippen molar-refractivity contribution in [3.05, 3.63) is 34.3 Å². The predicted octanol–water partition coefficient (Wildman–Crippen LogP) is 3.90. The third-order valence-electron chi connectivity index (χ3n) is 3.21. The summed E-state index contributed by atoms with van der Waals surface area (Å²) in [5.74, 6) is 0.912. The third kappa shape index (κ3) is 2.82. The fraction of sp³-hybridized carbons (Fsp3) is 0.538. The lowest BCUT2D eigenvalue weighted by Crippen LogP contribution is -2.30. The Bertz CT molecular complexity index is 333. The van der Waals surface area contributed by atoms with Gasteiger partial charge in [0.2, 0.25) is 0 Å². The molecule has 0 aliphatic heterocycles. The Morgan fingerprint density at radius 1 is 1.27 bits per heavy atom. The van der Waals surface area contributed by atoms with E-state index in [4.69, 9.17) is 0 Å². The maximum Gasteiger partial charge on any atom is 0.0305 e. The molecule has 2 rings (SSSR count). The molecule has 0 bridgehead atoms. The molecule has 1 aromatic carbocycles. The third-order valence-corrected chi connectivity index (χ3v) is 3.94. The molecule has 15 heavy (non-hydrogen) atoms. The van der Waals surface area contributed by atoms with Crippen molar-refractivity contribution in [2.45, 2.75) is 38.8 Å². The van der Waals surface area contributed by atoms with Gasteiger partial charge in [-0.05, 0) is 44.2 Å². The maximum absolute atomic E-state index is 3.67. The summed E-state index contributed by atoms with van der Waals surface area (Å²) in [6.45, 7) is 4.53. The molecule has 0 amide bonds. The van der Waals surface area contributed by atoms with Gasteiger partial charge in [-0.25, -0.2) is 0 Å². The molecule has 0 heterocycles. The van der Waals surface area contributed by atoms with Crippen LogP contribution < -0.4 is 5.32 Å². The van der Waals surface area contributed by atoms with Crippen LogP contribution >= 0.6 is 15.9 Å². The first-order chi connectivity index (χ1) is 7.18. The molecule has 0 spiro atoms. The molecular formula is C13H18BrN. The van der Waals surface area contributed by atoms with Crippen LogP contribution in [0.1, 0.15) is 38.3 Å². The smallest absolute Gasteiger partial charge is 0.0305 e. The fourth-order valence-corrected chi connectivity index (χ4v) is 2.67. The lowest BCUT2D eigenvalue weighted by Gasteiger charge is -2.21. The van der Waals surface area contributed by atoms with Crippen molar-refractivity contribution in [3.63, 3.8) is 0 Å². The van der Waals surface area contributed by atoms with Crippen molar-refractivity contribution in [2.24, 2.45) is 5.92 Å². The van der Waals surface area contributed by atoms with Crippen LogP contribution in [0.15, 0.2) is 28.7 Å². The number of hydrogen-bond donors (Lipinski definition) is 1. The van der Waals surface area contributed by atoms with Gasteiger partial charge in [-0.3, -0.25) is 0 Å². The minimum Gasteiger partial charge on any atom is -0.307 e. The standard InChI is InChI=1S/C13H18BrN/c1-9(11-7-8-11)15-10(2)12-5-3-4-6-13(12)14/h3-6,9-11,15H,7-8H2,1-2H3/t9?,10-/m1/s1. The van der Waals surface area contributed by atoms with E-state index in [0.29, 0.717) is 12.1 Å². The Hall–Kier alpha value is -0.340. The van der Waals surface area contributed by atoms with Crippen molar-refractivity contribution in [2.75, 3.05) is 0 Å². The molecule has 82 valence electrons. The summed E-state index contributed by atoms with van der Waals surface area (Å²) in [5.41, 5.74) is 1.35. The Labute approximate surface area is 100 Å². The molecule has 1 aliphatic carbocycles. The summed E-state index contributed by atoms with van der Waals surface area (Å²) in [6.07, 6.45) is 2.80. The molecule has 0 saturated heterocycles. The van der Waals surface area contributed by atoms with Gasteiger partial charge in [0.15, 0.2) is 0 Å². The molecule has 1 unspecified atom stereocenters. The molecule has 2 heteroatoms. The zero-order chi connectivity index (χ0) is 10.8. The normalized spacial score (nSPS) is 19.9. The Morgan fingerprint density at radius 3 is 2.53 bits per heavy atom. The predicted molar refractivity (Wildman–Crippen MR) is 67.9 cm³/mol. The quantitative estimate of drug-likeness (QED) is 0.873. The highest BCUT2D eigenvalue weighted by atomic mass is 79.9. The molecule has 1 nitrogen and oxygen atoms in total. The molecule has 1 aliphatic rings. The van der Waals surface area contributed by atoms with Crippen molar-refractivity contribution in [1.29, 1.82) is 0 Å². The zero-order valence-corrected chi connectivity index (χ0v) is 10.9. The van der Waals surface area contributed by atoms with Gasteiger partial charge in [0.25, 0.3) is 0 Å². The lowest BCUT2D eigenvalue weighted by molar-refractivity contribution is 0.440. The van der Waals surface area contributed by atoms with Crippen molar-refractivity contribution >= 4 is 15.9 Å². The summed E-state index contributed by atoms with van der Waals surface area (Å²) < 4.78 is 1.20. The van der Waals surface area contributed by atoms with Crippen LogP contribution in [-0.4, -0.2) is 6.04 Å². The summed E-state index contributed by atoms with van der Waals surface area (Å²) in [4.78, 5) is 0. The second-order valence-electron chi connectivity index (χ2n) is 4.54. The van der Waals surface area contributed by atoms with Crippen LogP contribution in [0.3, 0.4) is 0 Å². The molecule has 2 atom stereocenters. The van der Waals surface area contributed by atoms with Gasteiger partial charge in [-0.1, -0.05) is 34.1 Å². The summed E-state index contributed by atoms with van der Waals surface area (Å²) >= 11 is 3.60. The second kappa shape index (κ2) is 4.67. The molecule has 1 fully saturated rings. The van der Waals surface area contributed by atoms with E-state index in [2.05, 4.69) is 59.4 Å². The summed E-state index contributed by atoms with van der Waals surface area (Å²) in [5, 5.41) is 3.67. The van der Waals surface area contributed by atoms with E-state index in [-0.39, 0.29) is 0 Å². The maximum atomic E-state index is 3.67. The minimum atomic E-state index is 0.427. The zero-order valence-electron chi connectivity index (χ0n) is 9.33. The molecule has 1 saturated carbocycles. The first kappa shape index (κ1) is 11.2. The van der Waals surface area contributed by atoms with E-state index in [0.717, 1.165) is 5.92 Å². The highest BCUT2D eigenvalue weighted by Gasteiger charge is 2.28. The number of hydrogen-bond acceptors (Lipinski definition) is 1. The van der Waals surface area contributed by atoms with Gasteiger partial charge in [0.05, 0.1) is 0 Å². The van der Waals surface area contributed by atoms with E-state index in [1.165, 1.54) is 22.9 Å². The first-order valence-corrected chi connectivity index (χ1v) is 6.48. The molecule has 1 aromatic rings. The van der Waals surface area contributed by atoms with E-state index >= 15 is 0 Å². The highest BCUT2D eigenvalue weighted by molar-refractivity contribution is 9.10. The van der Waals surface area contributed by atoms with Crippen LogP contribution in [0, 0.1) is 5.92 Å². The number of nitrogens with one attached hydrogen (secondary N) is 1. The van der Waals surface area contributed by atoms with Gasteiger partial charge < -0.3 is 5.32 Å². The highest BCUT2D eigenvalue weighted by Crippen LogP contribution is 2.34. The van der Waals surface area contributed by atoms with E-state index in [1.54, 1.807) is 0 Å². The van der Waals surface area contributed by atoms with Gasteiger partial charge >= 0.3 is 0 Å². The molecule has 0 aromatic heterocycles. The number of benzene rings is 1. The molecule has 1 N–H and O–H groups in total. The average Bonchev–Trinajstić information content (AvgIpc) is 3.01. The largest absolute Gasteiger partial charge is 0.307 e. The second-order valence-corrected chi connectivity index (χ2v) is 5.39. The Kier molecular flexibility index (Phi) is 3.47. The van der Waals surface area contributed by atoms with E-state index < -0.39 is 0 Å². The first-order valence-electron chi connectivity index (χ1n) is 5.69. The number of halogens is 1. The topological polar surface area (TPSA) is 12.0 Å². The fourth-order valence-electron chi connectivity index (χ4n) is 2.04. The van der Waals surface area contributed by atoms with Crippen LogP contribution in [-0.2, 0) is 0 Å².